The van der Waals surface area contributed by atoms with Gasteiger partial charge in [-0.15, -0.1) is 0 Å². The van der Waals surface area contributed by atoms with Crippen molar-refractivity contribution in [2.45, 2.75) is 39.2 Å². The van der Waals surface area contributed by atoms with Crippen molar-refractivity contribution >= 4 is 11.6 Å². The van der Waals surface area contributed by atoms with Crippen LogP contribution in [0.1, 0.15) is 32.0 Å². The molecule has 1 aromatic heterocycles. The summed E-state index contributed by atoms with van der Waals surface area (Å²) >= 11 is 0. The van der Waals surface area contributed by atoms with E-state index in [-0.39, 0.29) is 0 Å². The summed E-state index contributed by atoms with van der Waals surface area (Å²) in [5, 5.41) is 0. The van der Waals surface area contributed by atoms with Gasteiger partial charge in [-0.1, -0.05) is 0 Å². The predicted octanol–water partition coefficient (Wildman–Crippen LogP) is 1.45. The van der Waals surface area contributed by atoms with E-state index in [1.165, 1.54) is 19.3 Å². The Morgan fingerprint density at radius 3 is 2.94 bits per heavy atom. The lowest BCUT2D eigenvalue weighted by molar-refractivity contribution is 0.480. The van der Waals surface area contributed by atoms with Gasteiger partial charge in [-0.3, -0.25) is 0 Å². The molecule has 1 aliphatic heterocycles. The van der Waals surface area contributed by atoms with Gasteiger partial charge in [0.2, 0.25) is 0 Å². The van der Waals surface area contributed by atoms with Gasteiger partial charge in [0, 0.05) is 18.7 Å². The number of hydrazine groups is 1. The number of aromatic nitrogens is 2. The van der Waals surface area contributed by atoms with Crippen LogP contribution in [-0.4, -0.2) is 22.6 Å². The van der Waals surface area contributed by atoms with E-state index in [4.69, 9.17) is 5.84 Å². The number of nitrogen functional groups attached to an aromatic ring is 1. The molecule has 0 bridgehead atoms. The molecule has 88 valence electrons. The minimum Gasteiger partial charge on any atom is -0.354 e. The van der Waals surface area contributed by atoms with Gasteiger partial charge in [-0.2, -0.15) is 0 Å². The molecule has 0 aromatic carbocycles. The van der Waals surface area contributed by atoms with Crippen LogP contribution in [0.3, 0.4) is 0 Å². The number of aryl methyl sites for hydroxylation is 1. The van der Waals surface area contributed by atoms with E-state index in [2.05, 4.69) is 27.2 Å². The highest BCUT2D eigenvalue weighted by atomic mass is 15.3. The molecule has 0 amide bonds. The molecule has 16 heavy (non-hydrogen) atoms. The van der Waals surface area contributed by atoms with Gasteiger partial charge in [0.1, 0.15) is 17.5 Å². The second-order valence-electron chi connectivity index (χ2n) is 4.34. The second kappa shape index (κ2) is 4.65. The van der Waals surface area contributed by atoms with Gasteiger partial charge in [-0.25, -0.2) is 15.8 Å². The number of rotatable bonds is 2. The lowest BCUT2D eigenvalue weighted by Gasteiger charge is -2.34. The summed E-state index contributed by atoms with van der Waals surface area (Å²) in [4.78, 5) is 11.0. The molecule has 1 atom stereocenters. The van der Waals surface area contributed by atoms with Crippen LogP contribution in [0.4, 0.5) is 11.6 Å². The van der Waals surface area contributed by atoms with Crippen LogP contribution in [0, 0.1) is 6.92 Å². The van der Waals surface area contributed by atoms with Crippen molar-refractivity contribution in [3.63, 3.8) is 0 Å². The molecular formula is C11H19N5. The standard InChI is InChI=1S/C11H19N5/c1-8-5-3-4-6-16(8)11-7-10(15-12)13-9(2)14-11/h7-8H,3-6,12H2,1-2H3,(H,13,14,15). The Hall–Kier alpha value is -1.36. The number of hydrogen-bond donors (Lipinski definition) is 2. The monoisotopic (exact) mass is 221 g/mol. The molecule has 0 radical (unpaired) electrons. The molecule has 0 saturated carbocycles. The van der Waals surface area contributed by atoms with Crippen LogP contribution in [0.15, 0.2) is 6.07 Å². The summed E-state index contributed by atoms with van der Waals surface area (Å²) in [7, 11) is 0. The lowest BCUT2D eigenvalue weighted by Crippen LogP contribution is -2.38. The fourth-order valence-corrected chi connectivity index (χ4v) is 2.21. The molecule has 1 fully saturated rings. The van der Waals surface area contributed by atoms with Crippen molar-refractivity contribution in [2.24, 2.45) is 5.84 Å². The average molecular weight is 221 g/mol. The molecule has 2 rings (SSSR count). The molecule has 1 saturated heterocycles. The Labute approximate surface area is 96.0 Å². The van der Waals surface area contributed by atoms with E-state index >= 15 is 0 Å². The first-order valence-electron chi connectivity index (χ1n) is 5.79. The molecule has 3 N–H and O–H groups in total. The van der Waals surface area contributed by atoms with E-state index < -0.39 is 0 Å². The summed E-state index contributed by atoms with van der Waals surface area (Å²) in [6.07, 6.45) is 3.77. The Morgan fingerprint density at radius 2 is 2.25 bits per heavy atom. The molecule has 1 aromatic rings. The van der Waals surface area contributed by atoms with E-state index in [9.17, 15) is 0 Å². The van der Waals surface area contributed by atoms with E-state index in [1.807, 2.05) is 13.0 Å². The summed E-state index contributed by atoms with van der Waals surface area (Å²) in [5.41, 5.74) is 2.58. The lowest BCUT2D eigenvalue weighted by atomic mass is 10.0. The average Bonchev–Trinajstić information content (AvgIpc) is 2.28. The summed E-state index contributed by atoms with van der Waals surface area (Å²) < 4.78 is 0. The SMILES string of the molecule is Cc1nc(NN)cc(N2CCCCC2C)n1. The van der Waals surface area contributed by atoms with E-state index in [0.29, 0.717) is 11.9 Å². The van der Waals surface area contributed by atoms with Gasteiger partial charge >= 0.3 is 0 Å². The molecule has 1 unspecified atom stereocenters. The van der Waals surface area contributed by atoms with Crippen LogP contribution in [0.25, 0.3) is 0 Å². The normalized spacial score (nSPS) is 20.9. The third-order valence-corrected chi connectivity index (χ3v) is 3.07. The highest BCUT2D eigenvalue weighted by Crippen LogP contribution is 2.24. The van der Waals surface area contributed by atoms with Crippen molar-refractivity contribution in [1.29, 1.82) is 0 Å². The van der Waals surface area contributed by atoms with Gasteiger partial charge < -0.3 is 10.3 Å². The maximum absolute atomic E-state index is 5.39. The number of nitrogens with one attached hydrogen (secondary N) is 1. The van der Waals surface area contributed by atoms with Crippen molar-refractivity contribution < 1.29 is 0 Å². The van der Waals surface area contributed by atoms with Gasteiger partial charge in [0.15, 0.2) is 0 Å². The van der Waals surface area contributed by atoms with Crippen LogP contribution in [0.5, 0.6) is 0 Å². The molecule has 5 heteroatoms. The van der Waals surface area contributed by atoms with Crippen molar-refractivity contribution in [1.82, 2.24) is 9.97 Å². The minimum absolute atomic E-state index is 0.550. The number of anilines is 2. The Morgan fingerprint density at radius 1 is 1.44 bits per heavy atom. The summed E-state index contributed by atoms with van der Waals surface area (Å²) in [6, 6.07) is 2.46. The van der Waals surface area contributed by atoms with Gasteiger partial charge in [0.05, 0.1) is 0 Å². The zero-order valence-electron chi connectivity index (χ0n) is 9.90. The Balaban J connectivity index is 2.27. The minimum atomic E-state index is 0.550. The van der Waals surface area contributed by atoms with E-state index in [0.717, 1.165) is 18.2 Å². The fourth-order valence-electron chi connectivity index (χ4n) is 2.21. The number of nitrogens with two attached hydrogens (primary N) is 1. The highest BCUT2D eigenvalue weighted by molar-refractivity contribution is 5.49. The summed E-state index contributed by atoms with van der Waals surface area (Å²) in [5.74, 6) is 7.81. The summed E-state index contributed by atoms with van der Waals surface area (Å²) in [6.45, 7) is 5.20. The molecule has 5 nitrogen and oxygen atoms in total. The Kier molecular flexibility index (Phi) is 3.24. The second-order valence-corrected chi connectivity index (χ2v) is 4.34. The highest BCUT2D eigenvalue weighted by Gasteiger charge is 2.20. The number of nitrogens with zero attached hydrogens (tertiary/aromatic N) is 3. The van der Waals surface area contributed by atoms with Crippen LogP contribution < -0.4 is 16.2 Å². The third kappa shape index (κ3) is 2.24. The maximum atomic E-state index is 5.39. The zero-order valence-corrected chi connectivity index (χ0v) is 9.90. The molecule has 0 aliphatic carbocycles. The largest absolute Gasteiger partial charge is 0.354 e. The van der Waals surface area contributed by atoms with Crippen LogP contribution in [0.2, 0.25) is 0 Å². The molecule has 1 aliphatic rings. The van der Waals surface area contributed by atoms with E-state index in [1.54, 1.807) is 0 Å². The fraction of sp³-hybridized carbons (Fsp3) is 0.636. The number of piperidine rings is 1. The Bertz CT molecular complexity index is 365. The first kappa shape index (κ1) is 11.1. The van der Waals surface area contributed by atoms with Crippen molar-refractivity contribution in [2.75, 3.05) is 16.9 Å². The molecular weight excluding hydrogens is 202 g/mol. The van der Waals surface area contributed by atoms with Gasteiger partial charge in [0.25, 0.3) is 0 Å². The molecule has 2 heterocycles. The molecule has 0 spiro atoms. The topological polar surface area (TPSA) is 67.1 Å². The van der Waals surface area contributed by atoms with Gasteiger partial charge in [-0.05, 0) is 33.1 Å². The third-order valence-electron chi connectivity index (χ3n) is 3.07. The zero-order chi connectivity index (χ0) is 11.5. The van der Waals surface area contributed by atoms with Crippen molar-refractivity contribution in [3.05, 3.63) is 11.9 Å². The first-order chi connectivity index (χ1) is 7.70. The van der Waals surface area contributed by atoms with Crippen LogP contribution in [-0.2, 0) is 0 Å². The van der Waals surface area contributed by atoms with Crippen LogP contribution >= 0.6 is 0 Å². The quantitative estimate of drug-likeness (QED) is 0.584. The smallest absolute Gasteiger partial charge is 0.145 e. The number of hydrogen-bond acceptors (Lipinski definition) is 5. The maximum Gasteiger partial charge on any atom is 0.145 e. The van der Waals surface area contributed by atoms with Crippen molar-refractivity contribution in [3.8, 4) is 0 Å². The first-order valence-corrected chi connectivity index (χ1v) is 5.79. The predicted molar refractivity (Wildman–Crippen MR) is 65.2 cm³/mol.